The van der Waals surface area contributed by atoms with Gasteiger partial charge >= 0.3 is 0 Å². The lowest BCUT2D eigenvalue weighted by molar-refractivity contribution is -0.0847. The second-order valence-electron chi connectivity index (χ2n) is 6.71. The van der Waals surface area contributed by atoms with E-state index < -0.39 is 0 Å². The summed E-state index contributed by atoms with van der Waals surface area (Å²) in [6, 6.07) is 6.94. The van der Waals surface area contributed by atoms with Crippen molar-refractivity contribution in [2.75, 3.05) is 37.0 Å². The summed E-state index contributed by atoms with van der Waals surface area (Å²) in [5.74, 6) is -0.319. The molecule has 0 radical (unpaired) electrons. The molecule has 4 heterocycles. The SMILES string of the molecule is CNc1ccc(F)c(-n2cc3cc(N4CCC45COC5)cnc3n2)c1. The number of ether oxygens (including phenoxy) is 1. The van der Waals surface area contributed by atoms with Crippen molar-refractivity contribution in [3.63, 3.8) is 0 Å². The fourth-order valence-corrected chi connectivity index (χ4v) is 3.60. The van der Waals surface area contributed by atoms with Crippen LogP contribution in [0.2, 0.25) is 0 Å². The maximum atomic E-state index is 14.2. The third-order valence-corrected chi connectivity index (χ3v) is 5.25. The van der Waals surface area contributed by atoms with Crippen LogP contribution in [-0.2, 0) is 4.74 Å². The first-order valence-electron chi connectivity index (χ1n) is 8.37. The van der Waals surface area contributed by atoms with Gasteiger partial charge in [0.2, 0.25) is 0 Å². The third-order valence-electron chi connectivity index (χ3n) is 5.25. The topological polar surface area (TPSA) is 55.2 Å². The first kappa shape index (κ1) is 14.7. The molecule has 25 heavy (non-hydrogen) atoms. The van der Waals surface area contributed by atoms with Gasteiger partial charge in [-0.1, -0.05) is 0 Å². The zero-order valence-electron chi connectivity index (χ0n) is 13.9. The van der Waals surface area contributed by atoms with Crippen LogP contribution in [0.5, 0.6) is 0 Å². The smallest absolute Gasteiger partial charge is 0.181 e. The molecule has 2 aliphatic heterocycles. The zero-order valence-corrected chi connectivity index (χ0v) is 13.9. The predicted octanol–water partition coefficient (Wildman–Crippen LogP) is 2.58. The van der Waals surface area contributed by atoms with Crippen molar-refractivity contribution >= 4 is 22.4 Å². The van der Waals surface area contributed by atoms with E-state index in [4.69, 9.17) is 4.74 Å². The maximum Gasteiger partial charge on any atom is 0.181 e. The number of halogens is 1. The Bertz CT molecular complexity index is 960. The van der Waals surface area contributed by atoms with E-state index in [2.05, 4.69) is 26.4 Å². The highest BCUT2D eigenvalue weighted by molar-refractivity contribution is 5.79. The van der Waals surface area contributed by atoms with E-state index in [0.717, 1.165) is 42.9 Å². The van der Waals surface area contributed by atoms with Gasteiger partial charge in [0.15, 0.2) is 5.65 Å². The molecule has 1 N–H and O–H groups in total. The zero-order chi connectivity index (χ0) is 17.0. The first-order chi connectivity index (χ1) is 12.2. The number of pyridine rings is 1. The highest BCUT2D eigenvalue weighted by Gasteiger charge is 2.50. The fraction of sp³-hybridized carbons (Fsp3) is 0.333. The molecule has 5 rings (SSSR count). The summed E-state index contributed by atoms with van der Waals surface area (Å²) < 4.78 is 21.2. The third kappa shape index (κ3) is 2.12. The van der Waals surface area contributed by atoms with Crippen LogP contribution < -0.4 is 10.2 Å². The Labute approximate surface area is 144 Å². The molecule has 0 bridgehead atoms. The molecule has 0 atom stereocenters. The number of nitrogens with zero attached hydrogens (tertiary/aromatic N) is 4. The molecule has 128 valence electrons. The molecule has 0 unspecified atom stereocenters. The summed E-state index contributed by atoms with van der Waals surface area (Å²) in [6.45, 7) is 2.59. The van der Waals surface area contributed by atoms with E-state index in [1.54, 1.807) is 23.9 Å². The second-order valence-corrected chi connectivity index (χ2v) is 6.71. The Morgan fingerprint density at radius 3 is 2.84 bits per heavy atom. The minimum absolute atomic E-state index is 0.165. The van der Waals surface area contributed by atoms with Crippen LogP contribution in [0.3, 0.4) is 0 Å². The Kier molecular flexibility index (Phi) is 3.03. The van der Waals surface area contributed by atoms with Gasteiger partial charge in [-0.15, -0.1) is 5.10 Å². The lowest BCUT2D eigenvalue weighted by atomic mass is 9.82. The fourth-order valence-electron chi connectivity index (χ4n) is 3.60. The monoisotopic (exact) mass is 339 g/mol. The van der Waals surface area contributed by atoms with Crippen molar-refractivity contribution in [1.29, 1.82) is 0 Å². The molecule has 1 aromatic carbocycles. The largest absolute Gasteiger partial charge is 0.388 e. The van der Waals surface area contributed by atoms with Gasteiger partial charge < -0.3 is 15.0 Å². The molecule has 0 aliphatic carbocycles. The summed E-state index contributed by atoms with van der Waals surface area (Å²) in [6.07, 6.45) is 4.83. The van der Waals surface area contributed by atoms with E-state index in [1.807, 2.05) is 12.4 Å². The standard InChI is InChI=1S/C18H18FN5O/c1-20-13-2-3-15(19)16(7-13)24-9-12-6-14(8-21-17(12)22-24)23-5-4-18(23)10-25-11-18/h2-3,6-9,20H,4-5,10-11H2,1H3. The van der Waals surface area contributed by atoms with Crippen LogP contribution in [0.4, 0.5) is 15.8 Å². The number of benzene rings is 1. The van der Waals surface area contributed by atoms with Crippen molar-refractivity contribution in [1.82, 2.24) is 14.8 Å². The minimum atomic E-state index is -0.319. The summed E-state index contributed by atoms with van der Waals surface area (Å²) >= 11 is 0. The first-order valence-corrected chi connectivity index (χ1v) is 8.37. The van der Waals surface area contributed by atoms with Gasteiger partial charge in [0, 0.05) is 30.9 Å². The number of rotatable bonds is 3. The van der Waals surface area contributed by atoms with Crippen molar-refractivity contribution < 1.29 is 9.13 Å². The molecule has 0 amide bonds. The number of hydrogen-bond acceptors (Lipinski definition) is 5. The van der Waals surface area contributed by atoms with E-state index >= 15 is 0 Å². The molecule has 0 saturated carbocycles. The van der Waals surface area contributed by atoms with Crippen LogP contribution in [-0.4, -0.2) is 47.1 Å². The highest BCUT2D eigenvalue weighted by Crippen LogP contribution is 2.41. The van der Waals surface area contributed by atoms with Gasteiger partial charge in [0.25, 0.3) is 0 Å². The Hall–Kier alpha value is -2.67. The van der Waals surface area contributed by atoms with Crippen molar-refractivity contribution in [2.24, 2.45) is 0 Å². The molecule has 7 heteroatoms. The van der Waals surface area contributed by atoms with E-state index in [-0.39, 0.29) is 11.4 Å². The van der Waals surface area contributed by atoms with Gasteiger partial charge in [0.05, 0.1) is 30.6 Å². The van der Waals surface area contributed by atoms with Crippen molar-refractivity contribution in [2.45, 2.75) is 12.0 Å². The number of nitrogens with one attached hydrogen (secondary N) is 1. The highest BCUT2D eigenvalue weighted by atomic mass is 19.1. The number of aromatic nitrogens is 3. The molecule has 6 nitrogen and oxygen atoms in total. The average Bonchev–Trinajstić information content (AvgIpc) is 2.96. The number of fused-ring (bicyclic) bond motifs is 1. The predicted molar refractivity (Wildman–Crippen MR) is 93.9 cm³/mol. The lowest BCUT2D eigenvalue weighted by Crippen LogP contribution is -2.71. The normalized spacial score (nSPS) is 18.2. The van der Waals surface area contributed by atoms with Crippen LogP contribution >= 0.6 is 0 Å². The van der Waals surface area contributed by atoms with E-state index in [0.29, 0.717) is 11.3 Å². The summed E-state index contributed by atoms with van der Waals surface area (Å²) in [5.41, 5.74) is 3.08. The minimum Gasteiger partial charge on any atom is -0.388 e. The van der Waals surface area contributed by atoms with Crippen LogP contribution in [0.25, 0.3) is 16.7 Å². The van der Waals surface area contributed by atoms with Crippen LogP contribution in [0, 0.1) is 5.82 Å². The molecule has 3 aromatic rings. The van der Waals surface area contributed by atoms with Crippen LogP contribution in [0.15, 0.2) is 36.7 Å². The molecule has 2 saturated heterocycles. The summed E-state index contributed by atoms with van der Waals surface area (Å²) in [7, 11) is 1.80. The van der Waals surface area contributed by atoms with Crippen LogP contribution in [0.1, 0.15) is 6.42 Å². The van der Waals surface area contributed by atoms with Gasteiger partial charge in [-0.3, -0.25) is 0 Å². The van der Waals surface area contributed by atoms with Crippen molar-refractivity contribution in [3.05, 3.63) is 42.5 Å². The summed E-state index contributed by atoms with van der Waals surface area (Å²) in [5, 5.41) is 8.34. The quantitative estimate of drug-likeness (QED) is 0.795. The Morgan fingerprint density at radius 1 is 1.28 bits per heavy atom. The average molecular weight is 339 g/mol. The van der Waals surface area contributed by atoms with Gasteiger partial charge in [-0.25, -0.2) is 14.1 Å². The van der Waals surface area contributed by atoms with Gasteiger partial charge in [0.1, 0.15) is 11.5 Å². The summed E-state index contributed by atoms with van der Waals surface area (Å²) in [4.78, 5) is 6.82. The lowest BCUT2D eigenvalue weighted by Gasteiger charge is -2.58. The molecular formula is C18H18FN5O. The molecule has 1 spiro atoms. The van der Waals surface area contributed by atoms with Gasteiger partial charge in [-0.05, 0) is 30.7 Å². The second kappa shape index (κ2) is 5.16. The molecule has 2 aliphatic rings. The maximum absolute atomic E-state index is 14.2. The van der Waals surface area contributed by atoms with E-state index in [1.165, 1.54) is 6.07 Å². The Morgan fingerprint density at radius 2 is 2.16 bits per heavy atom. The molecular weight excluding hydrogens is 321 g/mol. The Balaban J connectivity index is 1.54. The van der Waals surface area contributed by atoms with E-state index in [9.17, 15) is 4.39 Å². The van der Waals surface area contributed by atoms with Gasteiger partial charge in [-0.2, -0.15) is 0 Å². The molecule has 2 aromatic heterocycles. The number of hydrogen-bond donors (Lipinski definition) is 1. The van der Waals surface area contributed by atoms with Crippen molar-refractivity contribution in [3.8, 4) is 5.69 Å². The number of anilines is 2. The molecule has 2 fully saturated rings.